The maximum Gasteiger partial charge on any atom is 0.126 e. The third-order valence-corrected chi connectivity index (χ3v) is 9.17. The van der Waals surface area contributed by atoms with Crippen LogP contribution in [-0.4, -0.2) is 23.4 Å². The number of benzene rings is 1. The third-order valence-electron chi connectivity index (χ3n) is 9.17. The summed E-state index contributed by atoms with van der Waals surface area (Å²) in [6.45, 7) is 1.05. The number of H-pyrrole nitrogens is 1. The highest BCUT2D eigenvalue weighted by Crippen LogP contribution is 2.89. The lowest BCUT2D eigenvalue weighted by atomic mass is 9.59. The Morgan fingerprint density at radius 3 is 3.04 bits per heavy atom. The second kappa shape index (κ2) is 3.47. The number of aromatic nitrogens is 1. The van der Waals surface area contributed by atoms with Gasteiger partial charge < -0.3 is 9.72 Å². The van der Waals surface area contributed by atoms with Crippen LogP contribution in [-0.2, 0) is 11.2 Å². The van der Waals surface area contributed by atoms with Gasteiger partial charge in [-0.25, -0.2) is 0 Å². The first-order chi connectivity index (χ1) is 11.9. The van der Waals surface area contributed by atoms with E-state index in [2.05, 4.69) is 40.8 Å². The molecule has 3 heteroatoms. The van der Waals surface area contributed by atoms with Crippen LogP contribution in [0.5, 0.6) is 0 Å². The second-order valence-electron chi connectivity index (χ2n) is 9.34. The summed E-state index contributed by atoms with van der Waals surface area (Å²) in [7, 11) is 0. The second-order valence-corrected chi connectivity index (χ2v) is 9.34. The number of aromatic amines is 1. The molecule has 1 aromatic heterocycles. The topological polar surface area (TPSA) is 37.0 Å². The lowest BCUT2D eigenvalue weighted by molar-refractivity contribution is -0.0570. The van der Waals surface area contributed by atoms with Crippen molar-refractivity contribution in [1.82, 2.24) is 10.3 Å². The van der Waals surface area contributed by atoms with E-state index >= 15 is 0 Å². The van der Waals surface area contributed by atoms with E-state index in [4.69, 9.17) is 4.74 Å². The molecule has 122 valence electrons. The van der Waals surface area contributed by atoms with Gasteiger partial charge in [0.2, 0.25) is 0 Å². The van der Waals surface area contributed by atoms with Crippen LogP contribution in [0.15, 0.2) is 30.5 Å². The first kappa shape index (κ1) is 12.1. The van der Waals surface area contributed by atoms with E-state index in [1.54, 1.807) is 6.42 Å². The maximum atomic E-state index is 6.74. The number of rotatable bonds is 4. The molecule has 2 N–H and O–H groups in total. The Balaban J connectivity index is 1.10. The molecular weight excluding hydrogens is 296 g/mol. The molecule has 5 aliphatic carbocycles. The van der Waals surface area contributed by atoms with Crippen LogP contribution in [0.1, 0.15) is 12.0 Å². The molecule has 0 radical (unpaired) electrons. The van der Waals surface area contributed by atoms with Crippen LogP contribution in [0.3, 0.4) is 0 Å². The predicted octanol–water partition coefficient (Wildman–Crippen LogP) is 2.78. The molecule has 0 spiro atoms. The SMILES string of the molecule is c1ccc2c(CCN[C@]34O[C@@H]5[C@@H]6[C@H]7[C@@H]8C[C@H]([C@H]7[C@H]63)[C@@H]4[C@@H]85)c[nH]c2c1. The molecule has 7 aliphatic rings. The minimum atomic E-state index is 0.0865. The number of ether oxygens (including phenoxy) is 1. The van der Waals surface area contributed by atoms with Gasteiger partial charge in [-0.1, -0.05) is 18.2 Å². The summed E-state index contributed by atoms with van der Waals surface area (Å²) in [6.07, 6.45) is 5.47. The number of hydrogen-bond acceptors (Lipinski definition) is 2. The lowest BCUT2D eigenvalue weighted by Gasteiger charge is -2.46. The predicted molar refractivity (Wildman–Crippen MR) is 90.1 cm³/mol. The number of para-hydroxylation sites is 1. The smallest absolute Gasteiger partial charge is 0.126 e. The van der Waals surface area contributed by atoms with Gasteiger partial charge in [0.15, 0.2) is 0 Å². The van der Waals surface area contributed by atoms with E-state index in [1.165, 1.54) is 16.5 Å². The number of fused-ring (bicyclic) bond motifs is 1. The zero-order valence-corrected chi connectivity index (χ0v) is 13.6. The largest absolute Gasteiger partial charge is 0.361 e. The van der Waals surface area contributed by atoms with Crippen molar-refractivity contribution in [2.45, 2.75) is 24.7 Å². The fourth-order valence-corrected chi connectivity index (χ4v) is 9.02. The van der Waals surface area contributed by atoms with Gasteiger partial charge in [0.05, 0.1) is 6.10 Å². The monoisotopic (exact) mass is 318 g/mol. The number of hydrogen-bond donors (Lipinski definition) is 2. The van der Waals surface area contributed by atoms with Crippen molar-refractivity contribution in [1.29, 1.82) is 0 Å². The lowest BCUT2D eigenvalue weighted by Crippen LogP contribution is -2.56. The molecule has 24 heavy (non-hydrogen) atoms. The molecule has 3 nitrogen and oxygen atoms in total. The van der Waals surface area contributed by atoms with Gasteiger partial charge in [-0.2, -0.15) is 0 Å². The average molecular weight is 318 g/mol. The highest BCUT2D eigenvalue weighted by atomic mass is 16.5. The molecule has 4 bridgehead atoms. The van der Waals surface area contributed by atoms with Crippen molar-refractivity contribution in [3.63, 3.8) is 0 Å². The van der Waals surface area contributed by atoms with Crippen LogP contribution in [0.25, 0.3) is 10.9 Å². The summed E-state index contributed by atoms with van der Waals surface area (Å²) in [4.78, 5) is 3.41. The zero-order valence-electron chi connectivity index (χ0n) is 13.6. The molecule has 2 aliphatic heterocycles. The van der Waals surface area contributed by atoms with E-state index in [-0.39, 0.29) is 5.72 Å². The van der Waals surface area contributed by atoms with E-state index in [9.17, 15) is 0 Å². The van der Waals surface area contributed by atoms with Crippen molar-refractivity contribution >= 4 is 10.9 Å². The summed E-state index contributed by atoms with van der Waals surface area (Å²) < 4.78 is 6.74. The van der Waals surface area contributed by atoms with Gasteiger partial charge >= 0.3 is 0 Å². The fraction of sp³-hybridized carbons (Fsp3) is 0.619. The Kier molecular flexibility index (Phi) is 1.75. The normalized spacial score (nSPS) is 56.2. The first-order valence-corrected chi connectivity index (χ1v) is 9.86. The van der Waals surface area contributed by atoms with Crippen LogP contribution in [0, 0.1) is 47.3 Å². The Morgan fingerprint density at radius 1 is 1.08 bits per heavy atom. The fourth-order valence-electron chi connectivity index (χ4n) is 9.02. The molecule has 3 heterocycles. The quantitative estimate of drug-likeness (QED) is 0.909. The molecule has 10 atom stereocenters. The van der Waals surface area contributed by atoms with Crippen molar-refractivity contribution in [3.8, 4) is 0 Å². The molecule has 2 aromatic rings. The maximum absolute atomic E-state index is 6.74. The summed E-state index contributed by atoms with van der Waals surface area (Å²) in [5, 5.41) is 5.37. The van der Waals surface area contributed by atoms with E-state index in [1.807, 2.05) is 0 Å². The van der Waals surface area contributed by atoms with Gasteiger partial charge in [-0.3, -0.25) is 5.32 Å². The molecule has 0 amide bonds. The van der Waals surface area contributed by atoms with E-state index < -0.39 is 0 Å². The van der Waals surface area contributed by atoms with Crippen LogP contribution >= 0.6 is 0 Å². The standard InChI is InChI=1S/C21H22N2O/c1-2-4-13-10(3-1)9(8-22-13)5-6-23-21-18-12-7-11-14-15(12)19(21)17(14)20(24-21)16(11)18/h1-4,8,11-12,14-20,22-23H,5-7H2/t11-,12+,14-,15+,16+,17+,18+,19+,20-,21+/m0/s1. The summed E-state index contributed by atoms with van der Waals surface area (Å²) in [6, 6.07) is 8.65. The third kappa shape index (κ3) is 0.974. The summed E-state index contributed by atoms with van der Waals surface area (Å²) in [5.41, 5.74) is 2.78. The van der Waals surface area contributed by atoms with Crippen molar-refractivity contribution in [2.24, 2.45) is 47.3 Å². The minimum absolute atomic E-state index is 0.0865. The van der Waals surface area contributed by atoms with Gasteiger partial charge in [-0.15, -0.1) is 0 Å². The Bertz CT molecular complexity index is 894. The molecule has 0 unspecified atom stereocenters. The Hall–Kier alpha value is -1.32. The van der Waals surface area contributed by atoms with Crippen LogP contribution in [0.4, 0.5) is 0 Å². The van der Waals surface area contributed by atoms with Gasteiger partial charge in [0.25, 0.3) is 0 Å². The molecule has 9 rings (SSSR count). The van der Waals surface area contributed by atoms with Gasteiger partial charge in [-0.05, 0) is 60.0 Å². The summed E-state index contributed by atoms with van der Waals surface area (Å²) >= 11 is 0. The highest BCUT2D eigenvalue weighted by Gasteiger charge is 2.92. The Morgan fingerprint density at radius 2 is 2.04 bits per heavy atom. The number of nitrogens with one attached hydrogen (secondary N) is 2. The van der Waals surface area contributed by atoms with Gasteiger partial charge in [0.1, 0.15) is 5.72 Å². The molecule has 7 fully saturated rings. The highest BCUT2D eigenvalue weighted by molar-refractivity contribution is 5.83. The van der Waals surface area contributed by atoms with Gasteiger partial charge in [0, 0.05) is 35.5 Å². The van der Waals surface area contributed by atoms with Crippen molar-refractivity contribution in [3.05, 3.63) is 36.0 Å². The molecule has 1 aromatic carbocycles. The molecular formula is C21H22N2O. The van der Waals surface area contributed by atoms with Crippen molar-refractivity contribution in [2.75, 3.05) is 6.54 Å². The van der Waals surface area contributed by atoms with Crippen LogP contribution in [0.2, 0.25) is 0 Å². The van der Waals surface area contributed by atoms with Crippen molar-refractivity contribution < 1.29 is 4.74 Å². The van der Waals surface area contributed by atoms with Crippen LogP contribution < -0.4 is 5.32 Å². The average Bonchev–Trinajstić information content (AvgIpc) is 3.29. The van der Waals surface area contributed by atoms with E-state index in [0.717, 1.165) is 60.3 Å². The minimum Gasteiger partial charge on any atom is -0.361 e. The molecule has 5 saturated carbocycles. The first-order valence-electron chi connectivity index (χ1n) is 9.86. The summed E-state index contributed by atoms with van der Waals surface area (Å²) in [5.74, 6) is 7.78. The molecule has 2 saturated heterocycles. The van der Waals surface area contributed by atoms with E-state index in [0.29, 0.717) is 6.10 Å². The zero-order chi connectivity index (χ0) is 15.2. The Labute approximate surface area is 141 Å².